The maximum absolute atomic E-state index is 13.2. The molecule has 2 rings (SSSR count). The Morgan fingerprint density at radius 2 is 0.814 bits per heavy atom. The van der Waals surface area contributed by atoms with Gasteiger partial charge in [0.05, 0.1) is 32.0 Å². The predicted octanol–water partition coefficient (Wildman–Crippen LogP) is 9.34. The van der Waals surface area contributed by atoms with Crippen molar-refractivity contribution in [1.82, 2.24) is 5.32 Å². The van der Waals surface area contributed by atoms with E-state index in [1.165, 1.54) is 180 Å². The summed E-state index contributed by atoms with van der Waals surface area (Å²) in [6.07, 6.45) is 29.8. The molecule has 0 spiro atoms. The molecule has 1 amide bonds. The Morgan fingerprint density at radius 1 is 0.457 bits per heavy atom. The molecule has 0 bridgehead atoms. The minimum absolute atomic E-state index is 0.202. The summed E-state index contributed by atoms with van der Waals surface area (Å²) in [6.45, 7) is 2.87. The summed E-state index contributed by atoms with van der Waals surface area (Å²) < 4.78 is 22.8. The van der Waals surface area contributed by atoms with Gasteiger partial charge in [-0.05, 0) is 12.8 Å². The van der Waals surface area contributed by atoms with Crippen LogP contribution in [0.1, 0.15) is 258 Å². The monoisotopic (exact) mass is 1000 g/mol. The van der Waals surface area contributed by atoms with Crippen LogP contribution in [0.25, 0.3) is 0 Å². The number of hydrogen-bond acceptors (Lipinski definition) is 13. The number of rotatable bonds is 47. The van der Waals surface area contributed by atoms with Gasteiger partial charge in [0.1, 0.15) is 48.8 Å². The molecule has 0 aromatic carbocycles. The third-order valence-electron chi connectivity index (χ3n) is 14.8. The molecule has 0 aromatic rings. The van der Waals surface area contributed by atoms with E-state index < -0.39 is 86.8 Å². The van der Waals surface area contributed by atoms with Crippen molar-refractivity contribution < 1.29 is 64.6 Å². The fourth-order valence-corrected chi connectivity index (χ4v) is 10.1. The largest absolute Gasteiger partial charge is 0.394 e. The maximum Gasteiger partial charge on any atom is 0.220 e. The summed E-state index contributed by atoms with van der Waals surface area (Å²) in [4.78, 5) is 13.2. The summed E-state index contributed by atoms with van der Waals surface area (Å²) in [5, 5.41) is 87.0. The topological polar surface area (TPSA) is 228 Å². The number of amides is 1. The van der Waals surface area contributed by atoms with Crippen molar-refractivity contribution in [2.24, 2.45) is 0 Å². The molecule has 2 aliphatic rings. The Morgan fingerprint density at radius 3 is 1.21 bits per heavy atom. The quantitative estimate of drug-likeness (QED) is 0.0259. The second-order valence-corrected chi connectivity index (χ2v) is 21.1. The third-order valence-corrected chi connectivity index (χ3v) is 14.8. The fourth-order valence-electron chi connectivity index (χ4n) is 10.1. The summed E-state index contributed by atoms with van der Waals surface area (Å²) in [5.74, 6) is -0.202. The van der Waals surface area contributed by atoms with Crippen molar-refractivity contribution in [3.63, 3.8) is 0 Å². The molecule has 0 saturated carbocycles. The Bertz CT molecular complexity index is 1180. The summed E-state index contributed by atoms with van der Waals surface area (Å²) >= 11 is 0. The first-order valence-corrected chi connectivity index (χ1v) is 29.3. The smallest absolute Gasteiger partial charge is 0.220 e. The minimum atomic E-state index is -1.78. The van der Waals surface area contributed by atoms with E-state index >= 15 is 0 Å². The number of unbranched alkanes of at least 4 members (excludes halogenated alkanes) is 34. The standard InChI is InChI=1S/C56H109NO13/c1-3-5-7-9-11-13-15-16-17-18-19-20-21-22-23-24-25-26-27-28-30-32-34-36-38-40-48(61)57-44(45(60)39-37-35-33-31-29-14-12-10-8-6-4-2)43-67-55-53(66)51(64)54(47(42-59)69-55)70-56-52(65)50(63)49(62)46(41-58)68-56/h44-47,49-56,58-60,62-66H,3-43H2,1-2H3,(H,57,61)/t44-,45+,46+,47+,49-,50?,51?,52?,53?,54+,55+,56-/m0/s1. The molecular weight excluding hydrogens is 895 g/mol. The molecule has 12 atom stereocenters. The van der Waals surface area contributed by atoms with Gasteiger partial charge >= 0.3 is 0 Å². The van der Waals surface area contributed by atoms with E-state index in [1.807, 2.05) is 0 Å². The van der Waals surface area contributed by atoms with Crippen molar-refractivity contribution >= 4 is 5.91 Å². The Kier molecular flexibility index (Phi) is 40.2. The van der Waals surface area contributed by atoms with Gasteiger partial charge in [-0.1, -0.05) is 239 Å². The van der Waals surface area contributed by atoms with Crippen LogP contribution in [0.5, 0.6) is 0 Å². The summed E-state index contributed by atoms with van der Waals surface area (Å²) in [6, 6.07) is -0.821. The van der Waals surface area contributed by atoms with Crippen LogP contribution in [-0.2, 0) is 23.7 Å². The number of carbonyl (C=O) groups excluding carboxylic acids is 1. The van der Waals surface area contributed by atoms with E-state index in [9.17, 15) is 45.6 Å². The van der Waals surface area contributed by atoms with Crippen LogP contribution in [0, 0.1) is 0 Å². The normalized spacial score (nSPS) is 25.9. The van der Waals surface area contributed by atoms with Gasteiger partial charge in [-0.2, -0.15) is 0 Å². The number of ether oxygens (including phenoxy) is 4. The molecule has 2 saturated heterocycles. The zero-order valence-electron chi connectivity index (χ0n) is 44.5. The highest BCUT2D eigenvalue weighted by atomic mass is 16.7. The zero-order valence-corrected chi connectivity index (χ0v) is 44.5. The van der Waals surface area contributed by atoms with E-state index in [4.69, 9.17) is 18.9 Å². The van der Waals surface area contributed by atoms with Crippen LogP contribution in [-0.4, -0.2) is 140 Å². The van der Waals surface area contributed by atoms with Crippen molar-refractivity contribution in [2.45, 2.75) is 331 Å². The van der Waals surface area contributed by atoms with Gasteiger partial charge in [0, 0.05) is 6.42 Å². The average Bonchev–Trinajstić information content (AvgIpc) is 3.36. The SMILES string of the molecule is CCCCCCCCCCCCCCCCCCCCCCCCCCCC(=O)N[C@@H](CO[C@@H]1O[C@H](CO)[C@@H](O[C@@H]2O[C@H](CO)[C@H](O)C(O)C2O)C(O)C1O)[C@H](O)CCCCCCCCCCCCC. The molecule has 0 aliphatic carbocycles. The van der Waals surface area contributed by atoms with Gasteiger partial charge < -0.3 is 65.1 Å². The number of aliphatic hydroxyl groups excluding tert-OH is 8. The Hall–Kier alpha value is -1.01. The van der Waals surface area contributed by atoms with Crippen LogP contribution in [0.2, 0.25) is 0 Å². The lowest BCUT2D eigenvalue weighted by molar-refractivity contribution is -0.359. The van der Waals surface area contributed by atoms with Gasteiger partial charge in [-0.25, -0.2) is 0 Å². The Labute approximate surface area is 425 Å². The lowest BCUT2D eigenvalue weighted by Crippen LogP contribution is -2.65. The van der Waals surface area contributed by atoms with Crippen LogP contribution in [0.4, 0.5) is 0 Å². The van der Waals surface area contributed by atoms with Gasteiger partial charge in [0.2, 0.25) is 5.91 Å². The number of aliphatic hydroxyl groups is 8. The molecular formula is C56H109NO13. The summed E-state index contributed by atoms with van der Waals surface area (Å²) in [7, 11) is 0. The van der Waals surface area contributed by atoms with Gasteiger partial charge in [-0.15, -0.1) is 0 Å². The maximum atomic E-state index is 13.2. The van der Waals surface area contributed by atoms with E-state index in [2.05, 4.69) is 19.2 Å². The van der Waals surface area contributed by atoms with Crippen molar-refractivity contribution in [3.8, 4) is 0 Å². The first-order chi connectivity index (χ1) is 34.1. The minimum Gasteiger partial charge on any atom is -0.394 e. The van der Waals surface area contributed by atoms with Crippen LogP contribution in [0.3, 0.4) is 0 Å². The molecule has 416 valence electrons. The number of hydrogen-bond donors (Lipinski definition) is 9. The van der Waals surface area contributed by atoms with Crippen molar-refractivity contribution in [2.75, 3.05) is 19.8 Å². The summed E-state index contributed by atoms with van der Waals surface area (Å²) in [5.41, 5.74) is 0. The lowest BCUT2D eigenvalue weighted by atomic mass is 9.97. The fraction of sp³-hybridized carbons (Fsp3) is 0.982. The van der Waals surface area contributed by atoms with E-state index in [-0.39, 0.29) is 12.5 Å². The van der Waals surface area contributed by atoms with Gasteiger partial charge in [0.15, 0.2) is 12.6 Å². The number of carbonyl (C=O) groups is 1. The molecule has 0 radical (unpaired) electrons. The first-order valence-electron chi connectivity index (χ1n) is 29.3. The predicted molar refractivity (Wildman–Crippen MR) is 277 cm³/mol. The van der Waals surface area contributed by atoms with Gasteiger partial charge in [-0.3, -0.25) is 4.79 Å². The van der Waals surface area contributed by atoms with Gasteiger partial charge in [0.25, 0.3) is 0 Å². The van der Waals surface area contributed by atoms with E-state index in [1.54, 1.807) is 0 Å². The average molecular weight is 1000 g/mol. The van der Waals surface area contributed by atoms with Crippen LogP contribution < -0.4 is 5.32 Å². The molecule has 2 fully saturated rings. The molecule has 14 heteroatoms. The molecule has 0 aromatic heterocycles. The van der Waals surface area contributed by atoms with E-state index in [0.29, 0.717) is 12.8 Å². The van der Waals surface area contributed by atoms with E-state index in [0.717, 1.165) is 51.4 Å². The highest BCUT2D eigenvalue weighted by Gasteiger charge is 2.51. The molecule has 4 unspecified atom stereocenters. The highest BCUT2D eigenvalue weighted by Crippen LogP contribution is 2.30. The lowest BCUT2D eigenvalue weighted by Gasteiger charge is -2.46. The van der Waals surface area contributed by atoms with Crippen molar-refractivity contribution in [3.05, 3.63) is 0 Å². The molecule has 9 N–H and O–H groups in total. The molecule has 2 heterocycles. The third kappa shape index (κ3) is 29.2. The molecule has 70 heavy (non-hydrogen) atoms. The zero-order chi connectivity index (χ0) is 51.0. The Balaban J connectivity index is 1.69. The second-order valence-electron chi connectivity index (χ2n) is 21.1. The van der Waals surface area contributed by atoms with Crippen LogP contribution in [0.15, 0.2) is 0 Å². The molecule has 14 nitrogen and oxygen atoms in total. The van der Waals surface area contributed by atoms with Crippen LogP contribution >= 0.6 is 0 Å². The number of nitrogens with one attached hydrogen (secondary N) is 1. The first kappa shape index (κ1) is 65.1. The highest BCUT2D eigenvalue weighted by molar-refractivity contribution is 5.76. The molecule has 2 aliphatic heterocycles. The van der Waals surface area contributed by atoms with Crippen molar-refractivity contribution in [1.29, 1.82) is 0 Å². The second kappa shape index (κ2) is 43.3.